The van der Waals surface area contributed by atoms with Gasteiger partial charge in [-0.05, 0) is 43.2 Å². The molecule has 2 aliphatic heterocycles. The van der Waals surface area contributed by atoms with E-state index in [-0.39, 0.29) is 23.6 Å². The number of carbonyl (C=O) groups excluding carboxylic acids is 3. The van der Waals surface area contributed by atoms with Gasteiger partial charge in [0.15, 0.2) is 0 Å². The first-order valence-electron chi connectivity index (χ1n) is 8.80. The topological polar surface area (TPSA) is 66.5 Å². The average molecular weight is 326 g/mol. The molecule has 2 saturated heterocycles. The zero-order valence-corrected chi connectivity index (χ0v) is 13.7. The molecule has 1 N–H and O–H groups in total. The molecule has 2 heterocycles. The van der Waals surface area contributed by atoms with Crippen molar-refractivity contribution in [2.24, 2.45) is 5.41 Å². The summed E-state index contributed by atoms with van der Waals surface area (Å²) in [7, 11) is 0. The number of likely N-dealkylation sites (tertiary alicyclic amines) is 1. The number of imide groups is 1. The number of nitrogens with zero attached hydrogens (tertiary/aromatic N) is 1. The van der Waals surface area contributed by atoms with E-state index in [2.05, 4.69) is 17.4 Å². The lowest BCUT2D eigenvalue weighted by molar-refractivity contribution is -0.141. The molecule has 2 atom stereocenters. The Morgan fingerprint density at radius 3 is 2.83 bits per heavy atom. The largest absolute Gasteiger partial charge is 0.341 e. The van der Waals surface area contributed by atoms with E-state index in [1.165, 1.54) is 5.56 Å². The summed E-state index contributed by atoms with van der Waals surface area (Å²) in [5.74, 6) is -0.336. The molecule has 1 spiro atoms. The fourth-order valence-corrected chi connectivity index (χ4v) is 4.47. The molecule has 0 radical (unpaired) electrons. The Labute approximate surface area is 141 Å². The third-order valence-electron chi connectivity index (χ3n) is 5.90. The lowest BCUT2D eigenvalue weighted by Crippen LogP contribution is -2.50. The fourth-order valence-electron chi connectivity index (χ4n) is 4.47. The van der Waals surface area contributed by atoms with E-state index in [0.29, 0.717) is 32.4 Å². The average Bonchev–Trinajstić information content (AvgIpc) is 3.03. The van der Waals surface area contributed by atoms with Crippen molar-refractivity contribution >= 4 is 17.7 Å². The smallest absolute Gasteiger partial charge is 0.234 e. The molecule has 1 aliphatic carbocycles. The molecule has 1 unspecified atom stereocenters. The second-order valence-corrected chi connectivity index (χ2v) is 7.31. The van der Waals surface area contributed by atoms with Crippen LogP contribution in [0.3, 0.4) is 0 Å². The van der Waals surface area contributed by atoms with Gasteiger partial charge in [0.05, 0.1) is 11.3 Å². The van der Waals surface area contributed by atoms with Crippen molar-refractivity contribution in [1.82, 2.24) is 10.2 Å². The molecular weight excluding hydrogens is 304 g/mol. The highest BCUT2D eigenvalue weighted by Crippen LogP contribution is 2.40. The van der Waals surface area contributed by atoms with E-state index >= 15 is 0 Å². The van der Waals surface area contributed by atoms with Gasteiger partial charge in [-0.2, -0.15) is 0 Å². The minimum absolute atomic E-state index is 0.0848. The maximum Gasteiger partial charge on any atom is 0.234 e. The summed E-state index contributed by atoms with van der Waals surface area (Å²) >= 11 is 0. The first kappa shape index (κ1) is 15.4. The van der Waals surface area contributed by atoms with E-state index in [9.17, 15) is 14.4 Å². The van der Waals surface area contributed by atoms with Crippen LogP contribution in [0.1, 0.15) is 49.1 Å². The second-order valence-electron chi connectivity index (χ2n) is 7.31. The summed E-state index contributed by atoms with van der Waals surface area (Å²) in [4.78, 5) is 38.6. The zero-order valence-electron chi connectivity index (χ0n) is 13.7. The van der Waals surface area contributed by atoms with E-state index in [1.54, 1.807) is 0 Å². The molecule has 4 rings (SSSR count). The van der Waals surface area contributed by atoms with Gasteiger partial charge in [0.1, 0.15) is 0 Å². The Morgan fingerprint density at radius 1 is 1.17 bits per heavy atom. The highest BCUT2D eigenvalue weighted by atomic mass is 16.2. The summed E-state index contributed by atoms with van der Waals surface area (Å²) in [6.07, 6.45) is 4.54. The van der Waals surface area contributed by atoms with Crippen LogP contribution in [0.5, 0.6) is 0 Å². The Morgan fingerprint density at radius 2 is 2.00 bits per heavy atom. The number of amides is 3. The minimum Gasteiger partial charge on any atom is -0.341 e. The second kappa shape index (κ2) is 5.72. The molecule has 5 heteroatoms. The van der Waals surface area contributed by atoms with Gasteiger partial charge in [0, 0.05) is 19.5 Å². The summed E-state index contributed by atoms with van der Waals surface area (Å²) in [5.41, 5.74) is 1.87. The number of piperidine rings is 1. The Balaban J connectivity index is 1.53. The third-order valence-corrected chi connectivity index (χ3v) is 5.90. The molecule has 1 aromatic carbocycles. The van der Waals surface area contributed by atoms with Crippen LogP contribution in [-0.2, 0) is 20.8 Å². The van der Waals surface area contributed by atoms with Gasteiger partial charge in [-0.15, -0.1) is 0 Å². The van der Waals surface area contributed by atoms with E-state index < -0.39 is 5.41 Å². The number of nitrogens with one attached hydrogen (secondary N) is 1. The van der Waals surface area contributed by atoms with Crippen molar-refractivity contribution in [2.75, 3.05) is 13.1 Å². The molecule has 0 bridgehead atoms. The molecular formula is C19H22N2O3. The van der Waals surface area contributed by atoms with Crippen molar-refractivity contribution in [3.63, 3.8) is 0 Å². The molecule has 3 aliphatic rings. The molecule has 5 nitrogen and oxygen atoms in total. The number of carbonyl (C=O) groups is 3. The first-order chi connectivity index (χ1) is 11.6. The quantitative estimate of drug-likeness (QED) is 0.800. The molecule has 0 aromatic heterocycles. The highest BCUT2D eigenvalue weighted by molar-refractivity contribution is 6.01. The summed E-state index contributed by atoms with van der Waals surface area (Å²) in [6, 6.07) is 8.20. The van der Waals surface area contributed by atoms with Crippen molar-refractivity contribution in [1.29, 1.82) is 0 Å². The molecule has 0 saturated carbocycles. The maximum absolute atomic E-state index is 13.1. The predicted octanol–water partition coefficient (Wildman–Crippen LogP) is 1.76. The molecule has 24 heavy (non-hydrogen) atoms. The van der Waals surface area contributed by atoms with Crippen molar-refractivity contribution in [3.8, 4) is 0 Å². The number of hydrogen-bond acceptors (Lipinski definition) is 3. The molecule has 3 amide bonds. The van der Waals surface area contributed by atoms with Crippen LogP contribution in [0.4, 0.5) is 0 Å². The van der Waals surface area contributed by atoms with Gasteiger partial charge in [-0.1, -0.05) is 24.3 Å². The molecule has 1 aromatic rings. The van der Waals surface area contributed by atoms with Gasteiger partial charge < -0.3 is 4.90 Å². The van der Waals surface area contributed by atoms with Gasteiger partial charge in [0.25, 0.3) is 0 Å². The van der Waals surface area contributed by atoms with Crippen LogP contribution >= 0.6 is 0 Å². The summed E-state index contributed by atoms with van der Waals surface area (Å²) in [5, 5.41) is 2.45. The minimum atomic E-state index is -0.558. The fraction of sp³-hybridized carbons (Fsp3) is 0.526. The van der Waals surface area contributed by atoms with E-state index in [4.69, 9.17) is 0 Å². The Bertz CT molecular complexity index is 714. The van der Waals surface area contributed by atoms with E-state index in [0.717, 1.165) is 24.8 Å². The van der Waals surface area contributed by atoms with Crippen LogP contribution < -0.4 is 5.32 Å². The SMILES string of the molecule is O=C1CCC2(CCN(C(=O)[C@H]3CCCc4ccccc43)C2)C(=O)N1. The monoisotopic (exact) mass is 326 g/mol. The number of aryl methyl sites for hydroxylation is 1. The Hall–Kier alpha value is -2.17. The first-order valence-corrected chi connectivity index (χ1v) is 8.80. The molecule has 126 valence electrons. The number of rotatable bonds is 1. The van der Waals surface area contributed by atoms with Crippen LogP contribution in [-0.4, -0.2) is 35.7 Å². The lowest BCUT2D eigenvalue weighted by atomic mass is 9.79. The van der Waals surface area contributed by atoms with Crippen LogP contribution in [0.2, 0.25) is 0 Å². The normalized spacial score (nSPS) is 29.5. The van der Waals surface area contributed by atoms with Gasteiger partial charge in [-0.25, -0.2) is 0 Å². The standard InChI is InChI=1S/C19H22N2O3/c22-16-8-9-19(18(24)20-16)10-11-21(12-19)17(23)15-7-3-5-13-4-1-2-6-14(13)15/h1-2,4,6,15H,3,5,7-12H2,(H,20,22,24)/t15-,19?/m0/s1. The van der Waals surface area contributed by atoms with Crippen LogP contribution in [0, 0.1) is 5.41 Å². The van der Waals surface area contributed by atoms with Crippen molar-refractivity contribution in [3.05, 3.63) is 35.4 Å². The third kappa shape index (κ3) is 2.43. The predicted molar refractivity (Wildman–Crippen MR) is 88.1 cm³/mol. The summed E-state index contributed by atoms with van der Waals surface area (Å²) < 4.78 is 0. The lowest BCUT2D eigenvalue weighted by Gasteiger charge is -2.32. The number of fused-ring (bicyclic) bond motifs is 1. The highest BCUT2D eigenvalue weighted by Gasteiger charge is 2.49. The van der Waals surface area contributed by atoms with Crippen LogP contribution in [0.25, 0.3) is 0 Å². The number of hydrogen-bond donors (Lipinski definition) is 1. The van der Waals surface area contributed by atoms with Gasteiger partial charge in [-0.3, -0.25) is 19.7 Å². The van der Waals surface area contributed by atoms with E-state index in [1.807, 2.05) is 17.0 Å². The van der Waals surface area contributed by atoms with Crippen molar-refractivity contribution in [2.45, 2.75) is 44.4 Å². The zero-order chi connectivity index (χ0) is 16.7. The van der Waals surface area contributed by atoms with Gasteiger partial charge in [0.2, 0.25) is 17.7 Å². The van der Waals surface area contributed by atoms with Crippen LogP contribution in [0.15, 0.2) is 24.3 Å². The summed E-state index contributed by atoms with van der Waals surface area (Å²) in [6.45, 7) is 1.06. The maximum atomic E-state index is 13.1. The van der Waals surface area contributed by atoms with Crippen molar-refractivity contribution < 1.29 is 14.4 Å². The molecule has 2 fully saturated rings. The van der Waals surface area contributed by atoms with Gasteiger partial charge >= 0.3 is 0 Å². The number of benzene rings is 1. The Kier molecular flexibility index (Phi) is 3.66.